The van der Waals surface area contributed by atoms with E-state index in [9.17, 15) is 17.9 Å². The minimum Gasteiger partial charge on any atom is -0.391 e. The number of aliphatic hydroxyl groups is 1. The molecule has 0 amide bonds. The highest BCUT2D eigenvalue weighted by Gasteiger charge is 2.30. The van der Waals surface area contributed by atoms with Crippen LogP contribution in [0.3, 0.4) is 0 Å². The minimum absolute atomic E-state index is 0.00176. The maximum atomic E-state index is 12.6. The molecule has 1 unspecified atom stereocenters. The van der Waals surface area contributed by atoms with Crippen LogP contribution < -0.4 is 4.72 Å². The normalized spacial score (nSPS) is 18.0. The van der Waals surface area contributed by atoms with E-state index < -0.39 is 21.9 Å². The predicted molar refractivity (Wildman–Crippen MR) is 60.3 cm³/mol. The number of aliphatic hydroxyl groups excluding tert-OH is 1. The van der Waals surface area contributed by atoms with Crippen LogP contribution in [-0.2, 0) is 10.0 Å². The van der Waals surface area contributed by atoms with E-state index >= 15 is 0 Å². The number of benzene rings is 1. The van der Waals surface area contributed by atoms with Gasteiger partial charge < -0.3 is 5.11 Å². The van der Waals surface area contributed by atoms with Crippen LogP contribution in [0.4, 0.5) is 4.39 Å². The highest BCUT2D eigenvalue weighted by atomic mass is 32.2. The lowest BCUT2D eigenvalue weighted by molar-refractivity contribution is 0.155. The van der Waals surface area contributed by atoms with Crippen LogP contribution in [0, 0.1) is 11.7 Å². The first-order valence-corrected chi connectivity index (χ1v) is 6.90. The number of rotatable bonds is 5. The molecule has 0 heterocycles. The molecular weight excluding hydrogens is 245 g/mol. The van der Waals surface area contributed by atoms with Crippen molar-refractivity contribution in [3.63, 3.8) is 0 Å². The molecule has 0 saturated heterocycles. The number of halogens is 1. The standard InChI is InChI=1S/C11H14FNO3S/c12-9-3-5-10(6-4-9)17(15,16)13-7-11(14)8-1-2-8/h3-6,8,11,13-14H,1-2,7H2. The Morgan fingerprint density at radius 3 is 2.47 bits per heavy atom. The summed E-state index contributed by atoms with van der Waals surface area (Å²) < 4.78 is 38.5. The third kappa shape index (κ3) is 3.24. The van der Waals surface area contributed by atoms with E-state index in [2.05, 4.69) is 4.72 Å². The highest BCUT2D eigenvalue weighted by molar-refractivity contribution is 7.89. The van der Waals surface area contributed by atoms with Crippen molar-refractivity contribution in [2.75, 3.05) is 6.54 Å². The molecular formula is C11H14FNO3S. The zero-order valence-corrected chi connectivity index (χ0v) is 9.95. The molecule has 0 aliphatic heterocycles. The summed E-state index contributed by atoms with van der Waals surface area (Å²) in [5.74, 6) is -0.270. The molecule has 1 aromatic carbocycles. The molecule has 0 aromatic heterocycles. The SMILES string of the molecule is O=S(=O)(NCC(O)C1CC1)c1ccc(F)cc1. The van der Waals surface area contributed by atoms with E-state index in [4.69, 9.17) is 0 Å². The Morgan fingerprint density at radius 2 is 1.94 bits per heavy atom. The van der Waals surface area contributed by atoms with Crippen molar-refractivity contribution < 1.29 is 17.9 Å². The zero-order valence-electron chi connectivity index (χ0n) is 9.14. The Labute approximate surface area is 99.5 Å². The molecule has 17 heavy (non-hydrogen) atoms. The Bertz CT molecular complexity index is 482. The Kier molecular flexibility index (Phi) is 3.46. The van der Waals surface area contributed by atoms with Crippen LogP contribution in [0.15, 0.2) is 29.2 Å². The molecule has 2 rings (SSSR count). The predicted octanol–water partition coefficient (Wildman–Crippen LogP) is 0.875. The van der Waals surface area contributed by atoms with Crippen molar-refractivity contribution in [1.82, 2.24) is 4.72 Å². The summed E-state index contributed by atoms with van der Waals surface area (Å²) in [7, 11) is -3.65. The summed E-state index contributed by atoms with van der Waals surface area (Å²) >= 11 is 0. The first kappa shape index (κ1) is 12.5. The molecule has 1 fully saturated rings. The minimum atomic E-state index is -3.65. The molecule has 6 heteroatoms. The molecule has 4 nitrogen and oxygen atoms in total. The molecule has 1 aliphatic carbocycles. The van der Waals surface area contributed by atoms with Gasteiger partial charge in [0.25, 0.3) is 0 Å². The van der Waals surface area contributed by atoms with E-state index in [1.165, 1.54) is 12.1 Å². The van der Waals surface area contributed by atoms with Crippen molar-refractivity contribution in [2.24, 2.45) is 5.92 Å². The molecule has 0 radical (unpaired) electrons. The second-order valence-corrected chi connectivity index (χ2v) is 5.98. The van der Waals surface area contributed by atoms with Gasteiger partial charge in [-0.25, -0.2) is 17.5 Å². The topological polar surface area (TPSA) is 66.4 Å². The van der Waals surface area contributed by atoms with Gasteiger partial charge in [-0.15, -0.1) is 0 Å². The number of sulfonamides is 1. The Hall–Kier alpha value is -0.980. The van der Waals surface area contributed by atoms with Crippen molar-refractivity contribution in [1.29, 1.82) is 0 Å². The highest BCUT2D eigenvalue weighted by Crippen LogP contribution is 2.32. The second kappa shape index (κ2) is 4.72. The van der Waals surface area contributed by atoms with Crippen LogP contribution in [0.5, 0.6) is 0 Å². The van der Waals surface area contributed by atoms with E-state index in [-0.39, 0.29) is 17.4 Å². The third-order valence-electron chi connectivity index (χ3n) is 2.77. The lowest BCUT2D eigenvalue weighted by Gasteiger charge is -2.11. The summed E-state index contributed by atoms with van der Waals surface area (Å²) in [5.41, 5.74) is 0. The first-order valence-electron chi connectivity index (χ1n) is 5.42. The molecule has 1 aromatic rings. The van der Waals surface area contributed by atoms with Gasteiger partial charge in [-0.1, -0.05) is 0 Å². The number of hydrogen-bond acceptors (Lipinski definition) is 3. The van der Waals surface area contributed by atoms with Gasteiger partial charge in [-0.3, -0.25) is 0 Å². The average molecular weight is 259 g/mol. The van der Waals surface area contributed by atoms with Gasteiger partial charge >= 0.3 is 0 Å². The Morgan fingerprint density at radius 1 is 1.35 bits per heavy atom. The van der Waals surface area contributed by atoms with E-state index in [1.807, 2.05) is 0 Å². The fraction of sp³-hybridized carbons (Fsp3) is 0.455. The summed E-state index contributed by atoms with van der Waals surface area (Å²) in [5, 5.41) is 9.56. The van der Waals surface area contributed by atoms with Gasteiger partial charge in [0.05, 0.1) is 11.0 Å². The first-order chi connectivity index (χ1) is 7.99. The van der Waals surface area contributed by atoms with Gasteiger partial charge in [-0.05, 0) is 43.0 Å². The molecule has 1 saturated carbocycles. The molecule has 2 N–H and O–H groups in total. The van der Waals surface area contributed by atoms with E-state index in [0.717, 1.165) is 25.0 Å². The van der Waals surface area contributed by atoms with Crippen molar-refractivity contribution in [2.45, 2.75) is 23.8 Å². The molecule has 0 bridgehead atoms. The fourth-order valence-corrected chi connectivity index (χ4v) is 2.59. The Balaban J connectivity index is 2.00. The van der Waals surface area contributed by atoms with Gasteiger partial charge in [-0.2, -0.15) is 0 Å². The molecule has 1 aliphatic rings. The van der Waals surface area contributed by atoms with Crippen molar-refractivity contribution in [3.05, 3.63) is 30.1 Å². The van der Waals surface area contributed by atoms with E-state index in [0.29, 0.717) is 0 Å². The third-order valence-corrected chi connectivity index (χ3v) is 4.21. The van der Waals surface area contributed by atoms with Crippen LogP contribution >= 0.6 is 0 Å². The maximum absolute atomic E-state index is 12.6. The maximum Gasteiger partial charge on any atom is 0.240 e. The van der Waals surface area contributed by atoms with Crippen LogP contribution in [0.25, 0.3) is 0 Å². The van der Waals surface area contributed by atoms with Crippen LogP contribution in [0.1, 0.15) is 12.8 Å². The van der Waals surface area contributed by atoms with Gasteiger partial charge in [0.1, 0.15) is 5.82 Å². The molecule has 94 valence electrons. The average Bonchev–Trinajstić information content (AvgIpc) is 3.10. The monoisotopic (exact) mass is 259 g/mol. The van der Waals surface area contributed by atoms with Gasteiger partial charge in [0.15, 0.2) is 0 Å². The van der Waals surface area contributed by atoms with Crippen molar-refractivity contribution >= 4 is 10.0 Å². The molecule has 0 spiro atoms. The summed E-state index contributed by atoms with van der Waals surface area (Å²) in [6.07, 6.45) is 1.25. The van der Waals surface area contributed by atoms with Gasteiger partial charge in [0, 0.05) is 6.54 Å². The summed E-state index contributed by atoms with van der Waals surface area (Å²) in [6, 6.07) is 4.57. The largest absolute Gasteiger partial charge is 0.391 e. The summed E-state index contributed by atoms with van der Waals surface area (Å²) in [6.45, 7) is 0.00434. The van der Waals surface area contributed by atoms with Crippen molar-refractivity contribution in [3.8, 4) is 0 Å². The molecule has 1 atom stereocenters. The fourth-order valence-electron chi connectivity index (χ4n) is 1.54. The van der Waals surface area contributed by atoms with E-state index in [1.54, 1.807) is 0 Å². The second-order valence-electron chi connectivity index (χ2n) is 4.21. The van der Waals surface area contributed by atoms with Crippen LogP contribution in [0.2, 0.25) is 0 Å². The number of nitrogens with one attached hydrogen (secondary N) is 1. The smallest absolute Gasteiger partial charge is 0.240 e. The van der Waals surface area contributed by atoms with Gasteiger partial charge in [0.2, 0.25) is 10.0 Å². The van der Waals surface area contributed by atoms with Crippen LogP contribution in [-0.4, -0.2) is 26.2 Å². The number of hydrogen-bond donors (Lipinski definition) is 2. The quantitative estimate of drug-likeness (QED) is 0.824. The zero-order chi connectivity index (χ0) is 12.5. The lowest BCUT2D eigenvalue weighted by atomic mass is 10.2. The summed E-state index contributed by atoms with van der Waals surface area (Å²) in [4.78, 5) is 0.00176. The lowest BCUT2D eigenvalue weighted by Crippen LogP contribution is -2.33.